The highest BCUT2D eigenvalue weighted by atomic mass is 16.5. The van der Waals surface area contributed by atoms with Crippen molar-refractivity contribution in [1.82, 2.24) is 5.16 Å². The Kier molecular flexibility index (Phi) is 5.16. The van der Waals surface area contributed by atoms with E-state index in [0.717, 1.165) is 32.1 Å². The number of carbonyl (C=O) groups excluding carboxylic acids is 1. The summed E-state index contributed by atoms with van der Waals surface area (Å²) in [6.07, 6.45) is 13.7. The summed E-state index contributed by atoms with van der Waals surface area (Å²) >= 11 is 0. The third-order valence-corrected chi connectivity index (χ3v) is 4.29. The fraction of sp³-hybridized carbons (Fsp3) is 0.647. The molecule has 0 amide bonds. The molecule has 0 bridgehead atoms. The van der Waals surface area contributed by atoms with Gasteiger partial charge in [0, 0.05) is 12.0 Å². The zero-order valence-corrected chi connectivity index (χ0v) is 12.6. The third-order valence-electron chi connectivity index (χ3n) is 4.29. The van der Waals surface area contributed by atoms with Crippen molar-refractivity contribution >= 4 is 5.78 Å². The first-order valence-corrected chi connectivity index (χ1v) is 7.80. The third kappa shape index (κ3) is 3.81. The van der Waals surface area contributed by atoms with Gasteiger partial charge in [-0.3, -0.25) is 4.79 Å². The van der Waals surface area contributed by atoms with E-state index < -0.39 is 0 Å². The molecule has 1 aromatic rings. The molecule has 3 nitrogen and oxygen atoms in total. The van der Waals surface area contributed by atoms with Crippen molar-refractivity contribution in [3.8, 4) is 0 Å². The first-order chi connectivity index (χ1) is 9.71. The Morgan fingerprint density at radius 2 is 2.25 bits per heavy atom. The second kappa shape index (κ2) is 6.87. The van der Waals surface area contributed by atoms with Crippen LogP contribution in [0.25, 0.3) is 0 Å². The summed E-state index contributed by atoms with van der Waals surface area (Å²) in [5.41, 5.74) is 0.869. The van der Waals surface area contributed by atoms with Crippen LogP contribution < -0.4 is 0 Å². The lowest BCUT2D eigenvalue weighted by Gasteiger charge is -2.20. The predicted octanol–water partition coefficient (Wildman–Crippen LogP) is 4.80. The van der Waals surface area contributed by atoms with Gasteiger partial charge in [0.15, 0.2) is 5.78 Å². The second-order valence-electron chi connectivity index (χ2n) is 6.02. The minimum Gasteiger partial charge on any atom is -0.364 e. The molecule has 1 aromatic heterocycles. The van der Waals surface area contributed by atoms with Crippen molar-refractivity contribution in [1.29, 1.82) is 0 Å². The number of rotatable bonds is 9. The summed E-state index contributed by atoms with van der Waals surface area (Å²) in [7, 11) is 0. The average molecular weight is 275 g/mol. The fourth-order valence-corrected chi connectivity index (χ4v) is 2.91. The number of allylic oxidation sites excluding steroid dienone is 2. The molecule has 1 aliphatic rings. The van der Waals surface area contributed by atoms with E-state index in [2.05, 4.69) is 31.2 Å². The Bertz CT molecular complexity index is 444. The first-order valence-electron chi connectivity index (χ1n) is 7.80. The molecular formula is C17H25NO2. The van der Waals surface area contributed by atoms with Crippen molar-refractivity contribution in [2.24, 2.45) is 11.3 Å². The van der Waals surface area contributed by atoms with Gasteiger partial charge in [-0.25, -0.2) is 0 Å². The molecule has 1 heterocycles. The summed E-state index contributed by atoms with van der Waals surface area (Å²) in [4.78, 5) is 12.5. The monoisotopic (exact) mass is 275 g/mol. The van der Waals surface area contributed by atoms with Gasteiger partial charge < -0.3 is 4.52 Å². The minimum atomic E-state index is 0.0997. The maximum atomic E-state index is 12.5. The minimum absolute atomic E-state index is 0.0997. The molecule has 0 aromatic carbocycles. The Morgan fingerprint density at radius 1 is 1.45 bits per heavy atom. The van der Waals surface area contributed by atoms with E-state index in [-0.39, 0.29) is 11.7 Å². The van der Waals surface area contributed by atoms with Gasteiger partial charge in [-0.2, -0.15) is 0 Å². The molecule has 1 atom stereocenters. The van der Waals surface area contributed by atoms with E-state index in [4.69, 9.17) is 4.52 Å². The molecule has 110 valence electrons. The molecule has 1 fully saturated rings. The van der Waals surface area contributed by atoms with Crippen molar-refractivity contribution < 1.29 is 9.32 Å². The molecule has 1 unspecified atom stereocenters. The molecule has 3 heteroatoms. The Balaban J connectivity index is 1.99. The van der Waals surface area contributed by atoms with E-state index in [1.165, 1.54) is 19.1 Å². The van der Waals surface area contributed by atoms with E-state index in [0.29, 0.717) is 11.1 Å². The molecular weight excluding hydrogens is 250 g/mol. The topological polar surface area (TPSA) is 43.1 Å². The van der Waals surface area contributed by atoms with Crippen LogP contribution in [-0.4, -0.2) is 10.9 Å². The van der Waals surface area contributed by atoms with Crippen LogP contribution in [0.3, 0.4) is 0 Å². The number of carbonyl (C=O) groups is 1. The highest BCUT2D eigenvalue weighted by Crippen LogP contribution is 2.54. The van der Waals surface area contributed by atoms with Crippen LogP contribution in [0.1, 0.15) is 69.3 Å². The highest BCUT2D eigenvalue weighted by molar-refractivity contribution is 5.95. The normalized spacial score (nSPS) is 18.3. The van der Waals surface area contributed by atoms with Gasteiger partial charge in [0.05, 0.1) is 0 Å². The Labute approximate surface area is 121 Å². The molecule has 0 N–H and O–H groups in total. The van der Waals surface area contributed by atoms with Gasteiger partial charge in [0.2, 0.25) is 0 Å². The van der Waals surface area contributed by atoms with Crippen LogP contribution in [0.2, 0.25) is 0 Å². The quantitative estimate of drug-likeness (QED) is 0.480. The number of nitrogens with zero attached hydrogens (tertiary/aromatic N) is 1. The van der Waals surface area contributed by atoms with Gasteiger partial charge in [0.25, 0.3) is 0 Å². The fourth-order valence-electron chi connectivity index (χ4n) is 2.91. The van der Waals surface area contributed by atoms with E-state index in [1.54, 1.807) is 6.07 Å². The van der Waals surface area contributed by atoms with Gasteiger partial charge in [-0.15, -0.1) is 0 Å². The summed E-state index contributed by atoms with van der Waals surface area (Å²) in [5.74, 6) is 0.258. The second-order valence-corrected chi connectivity index (χ2v) is 6.02. The number of hydrogen-bond acceptors (Lipinski definition) is 3. The van der Waals surface area contributed by atoms with Crippen LogP contribution in [0, 0.1) is 11.3 Å². The lowest BCUT2D eigenvalue weighted by atomic mass is 9.83. The van der Waals surface area contributed by atoms with Crippen LogP contribution in [0.4, 0.5) is 0 Å². The Morgan fingerprint density at radius 3 is 2.80 bits per heavy atom. The lowest BCUT2D eigenvalue weighted by Crippen LogP contribution is -2.19. The lowest BCUT2D eigenvalue weighted by molar-refractivity contribution is 0.0877. The molecule has 2 rings (SSSR count). The van der Waals surface area contributed by atoms with Crippen LogP contribution in [-0.2, 0) is 0 Å². The average Bonchev–Trinajstić information content (AvgIpc) is 3.00. The smallest absolute Gasteiger partial charge is 0.187 e. The first kappa shape index (κ1) is 15.0. The predicted molar refractivity (Wildman–Crippen MR) is 79.6 cm³/mol. The van der Waals surface area contributed by atoms with Crippen LogP contribution in [0.15, 0.2) is 29.0 Å². The zero-order chi connectivity index (χ0) is 14.4. The number of aromatic nitrogens is 1. The maximum absolute atomic E-state index is 12.5. The van der Waals surface area contributed by atoms with E-state index in [1.807, 2.05) is 0 Å². The Hall–Kier alpha value is -1.38. The molecule has 1 aliphatic carbocycles. The van der Waals surface area contributed by atoms with Crippen molar-refractivity contribution in [3.05, 3.63) is 30.2 Å². The standard InChI is InChI=1S/C17H25NO2/c1-3-5-6-9-17(10-11-17)13-14(7-4-2)16(19)15-8-12-20-18-15/h5-6,8,12,14H,3-4,7,9-11,13H2,1-2H3. The summed E-state index contributed by atoms with van der Waals surface area (Å²) in [6, 6.07) is 1.68. The zero-order valence-electron chi connectivity index (χ0n) is 12.6. The number of hydrogen-bond donors (Lipinski definition) is 0. The maximum Gasteiger partial charge on any atom is 0.187 e. The summed E-state index contributed by atoms with van der Waals surface area (Å²) in [6.45, 7) is 4.30. The molecule has 0 aliphatic heterocycles. The molecule has 0 radical (unpaired) electrons. The van der Waals surface area contributed by atoms with Crippen molar-refractivity contribution in [3.63, 3.8) is 0 Å². The largest absolute Gasteiger partial charge is 0.364 e. The molecule has 1 saturated carbocycles. The van der Waals surface area contributed by atoms with Crippen LogP contribution >= 0.6 is 0 Å². The molecule has 20 heavy (non-hydrogen) atoms. The molecule has 0 saturated heterocycles. The summed E-state index contributed by atoms with van der Waals surface area (Å²) < 4.78 is 4.81. The van der Waals surface area contributed by atoms with Gasteiger partial charge in [-0.1, -0.05) is 37.6 Å². The van der Waals surface area contributed by atoms with E-state index >= 15 is 0 Å². The SMILES string of the molecule is CCC=CCC1(CC(CCC)C(=O)c2ccon2)CC1. The van der Waals surface area contributed by atoms with Crippen molar-refractivity contribution in [2.75, 3.05) is 0 Å². The number of ketones is 1. The van der Waals surface area contributed by atoms with E-state index in [9.17, 15) is 4.79 Å². The van der Waals surface area contributed by atoms with Crippen molar-refractivity contribution in [2.45, 2.75) is 58.8 Å². The van der Waals surface area contributed by atoms with Gasteiger partial charge >= 0.3 is 0 Å². The number of Topliss-reactive ketones (excluding diaryl/α,β-unsaturated/α-hetero) is 1. The summed E-state index contributed by atoms with van der Waals surface area (Å²) in [5, 5.41) is 3.81. The highest BCUT2D eigenvalue weighted by Gasteiger charge is 2.44. The van der Waals surface area contributed by atoms with Gasteiger partial charge in [0.1, 0.15) is 12.0 Å². The van der Waals surface area contributed by atoms with Crippen LogP contribution in [0.5, 0.6) is 0 Å². The molecule has 0 spiro atoms. The van der Waals surface area contributed by atoms with Gasteiger partial charge in [-0.05, 0) is 43.9 Å².